The van der Waals surface area contributed by atoms with Crippen molar-refractivity contribution >= 4 is 34.9 Å². The van der Waals surface area contributed by atoms with E-state index in [2.05, 4.69) is 16.5 Å². The maximum atomic E-state index is 13.7. The number of nitrogens with one attached hydrogen (secondary N) is 1. The van der Waals surface area contributed by atoms with Crippen LogP contribution in [0.2, 0.25) is 5.02 Å². The number of aromatic nitrogens is 2. The summed E-state index contributed by atoms with van der Waals surface area (Å²) in [6.45, 7) is 2.21. The molecule has 0 spiro atoms. The Morgan fingerprint density at radius 2 is 2.00 bits per heavy atom. The molecule has 102 valence electrons. The molecule has 1 saturated carbocycles. The molecule has 1 heterocycles. The van der Waals surface area contributed by atoms with E-state index in [0.29, 0.717) is 4.77 Å². The van der Waals surface area contributed by atoms with Gasteiger partial charge >= 0.3 is 0 Å². The largest absolute Gasteiger partial charge is 0.331 e. The van der Waals surface area contributed by atoms with Crippen molar-refractivity contribution in [1.29, 1.82) is 0 Å². The smallest absolute Gasteiger partial charge is 0.178 e. The summed E-state index contributed by atoms with van der Waals surface area (Å²) >= 11 is 11.3. The Labute approximate surface area is 121 Å². The topological polar surface area (TPSA) is 20.7 Å². The molecule has 0 amide bonds. The van der Waals surface area contributed by atoms with Gasteiger partial charge in [-0.05, 0) is 38.0 Å². The van der Waals surface area contributed by atoms with Gasteiger partial charge in [0.05, 0.1) is 16.1 Å². The highest BCUT2D eigenvalue weighted by atomic mass is 35.5. The first-order valence-corrected chi connectivity index (χ1v) is 7.40. The number of H-pyrrole nitrogens is 1. The maximum Gasteiger partial charge on any atom is 0.178 e. The molecule has 0 aliphatic heterocycles. The maximum absolute atomic E-state index is 13.7. The van der Waals surface area contributed by atoms with Gasteiger partial charge in [-0.3, -0.25) is 0 Å². The minimum absolute atomic E-state index is 0.0200. The molecule has 0 radical (unpaired) electrons. The molecule has 1 fully saturated rings. The standard InChI is InChI=1S/C14H16ClFN2S/c1-14(5-3-2-4-6-14)18-12-8-10(16)9(15)7-11(12)17-13(18)19/h7-8H,2-6H2,1H3,(H,17,19). The second-order valence-electron chi connectivity index (χ2n) is 5.61. The third-order valence-electron chi connectivity index (χ3n) is 4.19. The van der Waals surface area contributed by atoms with Gasteiger partial charge in [-0.15, -0.1) is 0 Å². The Hall–Kier alpha value is -0.870. The van der Waals surface area contributed by atoms with Crippen LogP contribution in [0.1, 0.15) is 39.0 Å². The molecule has 1 aromatic carbocycles. The van der Waals surface area contributed by atoms with Gasteiger partial charge in [-0.25, -0.2) is 4.39 Å². The second-order valence-corrected chi connectivity index (χ2v) is 6.40. The average Bonchev–Trinajstić information content (AvgIpc) is 2.67. The molecule has 0 bridgehead atoms. The van der Waals surface area contributed by atoms with E-state index < -0.39 is 5.82 Å². The molecule has 1 N–H and O–H groups in total. The van der Waals surface area contributed by atoms with Crippen molar-refractivity contribution in [3.63, 3.8) is 0 Å². The summed E-state index contributed by atoms with van der Waals surface area (Å²) in [5.41, 5.74) is 1.60. The van der Waals surface area contributed by atoms with Gasteiger partial charge < -0.3 is 9.55 Å². The van der Waals surface area contributed by atoms with Gasteiger partial charge in [0.2, 0.25) is 0 Å². The van der Waals surface area contributed by atoms with Crippen molar-refractivity contribution in [1.82, 2.24) is 9.55 Å². The zero-order valence-corrected chi connectivity index (χ0v) is 12.4. The van der Waals surface area contributed by atoms with Crippen LogP contribution >= 0.6 is 23.8 Å². The number of halogens is 2. The number of fused-ring (bicyclic) bond motifs is 1. The van der Waals surface area contributed by atoms with Gasteiger partial charge in [-0.1, -0.05) is 30.9 Å². The highest BCUT2D eigenvalue weighted by Gasteiger charge is 2.31. The van der Waals surface area contributed by atoms with E-state index in [1.54, 1.807) is 6.07 Å². The number of aromatic amines is 1. The summed E-state index contributed by atoms with van der Waals surface area (Å²) in [7, 11) is 0. The van der Waals surface area contributed by atoms with Crippen LogP contribution in [-0.4, -0.2) is 9.55 Å². The van der Waals surface area contributed by atoms with E-state index in [1.165, 1.54) is 25.3 Å². The number of hydrogen-bond acceptors (Lipinski definition) is 1. The quantitative estimate of drug-likeness (QED) is 0.720. The number of benzene rings is 1. The summed E-state index contributed by atoms with van der Waals surface area (Å²) in [6, 6.07) is 3.11. The summed E-state index contributed by atoms with van der Waals surface area (Å²) in [4.78, 5) is 3.14. The highest BCUT2D eigenvalue weighted by molar-refractivity contribution is 7.71. The monoisotopic (exact) mass is 298 g/mol. The van der Waals surface area contributed by atoms with Crippen LogP contribution in [0.25, 0.3) is 11.0 Å². The van der Waals surface area contributed by atoms with Gasteiger partial charge in [0, 0.05) is 11.6 Å². The van der Waals surface area contributed by atoms with Crippen molar-refractivity contribution in [3.05, 3.63) is 27.7 Å². The van der Waals surface area contributed by atoms with Crippen LogP contribution < -0.4 is 0 Å². The average molecular weight is 299 g/mol. The van der Waals surface area contributed by atoms with E-state index in [0.717, 1.165) is 23.9 Å². The van der Waals surface area contributed by atoms with E-state index in [4.69, 9.17) is 23.8 Å². The lowest BCUT2D eigenvalue weighted by Crippen LogP contribution is -2.32. The van der Waals surface area contributed by atoms with Gasteiger partial charge in [0.25, 0.3) is 0 Å². The zero-order chi connectivity index (χ0) is 13.6. The van der Waals surface area contributed by atoms with Crippen molar-refractivity contribution in [2.45, 2.75) is 44.6 Å². The first-order valence-electron chi connectivity index (χ1n) is 6.61. The molecule has 19 heavy (non-hydrogen) atoms. The van der Waals surface area contributed by atoms with Crippen LogP contribution in [-0.2, 0) is 5.54 Å². The molecule has 5 heteroatoms. The fourth-order valence-electron chi connectivity index (χ4n) is 3.17. The molecule has 0 unspecified atom stereocenters. The molecule has 3 rings (SSSR count). The molecule has 0 atom stereocenters. The van der Waals surface area contributed by atoms with E-state index in [9.17, 15) is 4.39 Å². The summed E-state index contributed by atoms with van der Waals surface area (Å²) in [5.74, 6) is -0.392. The highest BCUT2D eigenvalue weighted by Crippen LogP contribution is 2.37. The number of rotatable bonds is 1. The molecule has 1 aliphatic rings. The van der Waals surface area contributed by atoms with Crippen LogP contribution in [0.15, 0.2) is 12.1 Å². The first-order chi connectivity index (χ1) is 9.01. The van der Waals surface area contributed by atoms with Crippen molar-refractivity contribution < 1.29 is 4.39 Å². The lowest BCUT2D eigenvalue weighted by molar-refractivity contribution is 0.222. The Kier molecular flexibility index (Phi) is 3.18. The lowest BCUT2D eigenvalue weighted by Gasteiger charge is -2.35. The minimum atomic E-state index is -0.392. The molecule has 2 aromatic rings. The first kappa shape index (κ1) is 13.1. The van der Waals surface area contributed by atoms with Crippen LogP contribution in [0.5, 0.6) is 0 Å². The Bertz CT molecular complexity index is 683. The predicted molar refractivity (Wildman–Crippen MR) is 78.8 cm³/mol. The van der Waals surface area contributed by atoms with Crippen LogP contribution in [0.4, 0.5) is 4.39 Å². The fourth-order valence-corrected chi connectivity index (χ4v) is 3.77. The molecule has 2 nitrogen and oxygen atoms in total. The molecular formula is C14H16ClFN2S. The summed E-state index contributed by atoms with van der Waals surface area (Å²) < 4.78 is 16.5. The van der Waals surface area contributed by atoms with E-state index in [-0.39, 0.29) is 10.6 Å². The Balaban J connectivity index is 2.25. The lowest BCUT2D eigenvalue weighted by atomic mass is 9.83. The van der Waals surface area contributed by atoms with Gasteiger partial charge in [-0.2, -0.15) is 0 Å². The zero-order valence-electron chi connectivity index (χ0n) is 10.8. The SMILES string of the molecule is CC1(n2c(=S)[nH]c3cc(Cl)c(F)cc32)CCCCC1. The third-order valence-corrected chi connectivity index (χ3v) is 4.77. The van der Waals surface area contributed by atoms with Crippen molar-refractivity contribution in [3.8, 4) is 0 Å². The number of hydrogen-bond donors (Lipinski definition) is 1. The van der Waals surface area contributed by atoms with Crippen LogP contribution in [0, 0.1) is 10.6 Å². The van der Waals surface area contributed by atoms with Crippen molar-refractivity contribution in [2.24, 2.45) is 0 Å². The van der Waals surface area contributed by atoms with Gasteiger partial charge in [0.1, 0.15) is 5.82 Å². The summed E-state index contributed by atoms with van der Waals surface area (Å²) in [5, 5.41) is 0.129. The van der Waals surface area contributed by atoms with E-state index >= 15 is 0 Å². The van der Waals surface area contributed by atoms with Crippen LogP contribution in [0.3, 0.4) is 0 Å². The molecule has 0 saturated heterocycles. The minimum Gasteiger partial charge on any atom is -0.331 e. The van der Waals surface area contributed by atoms with Gasteiger partial charge in [0.15, 0.2) is 4.77 Å². The Morgan fingerprint density at radius 1 is 1.32 bits per heavy atom. The normalized spacial score (nSPS) is 18.9. The van der Waals surface area contributed by atoms with E-state index in [1.807, 2.05) is 0 Å². The molecular weight excluding hydrogens is 283 g/mol. The number of imidazole rings is 1. The number of nitrogens with zero attached hydrogens (tertiary/aromatic N) is 1. The summed E-state index contributed by atoms with van der Waals surface area (Å²) in [6.07, 6.45) is 5.82. The third kappa shape index (κ3) is 2.11. The predicted octanol–water partition coefficient (Wildman–Crippen LogP) is 5.17. The molecule has 1 aromatic heterocycles. The Morgan fingerprint density at radius 3 is 2.68 bits per heavy atom. The fraction of sp³-hybridized carbons (Fsp3) is 0.500. The molecule has 1 aliphatic carbocycles. The van der Waals surface area contributed by atoms with Crippen molar-refractivity contribution in [2.75, 3.05) is 0 Å². The second kappa shape index (κ2) is 4.60.